The maximum atomic E-state index is 2.94. The van der Waals surface area contributed by atoms with Crippen LogP contribution in [0.25, 0.3) is 49.8 Å². The lowest BCUT2D eigenvalue weighted by molar-refractivity contribution is 0.271. The van der Waals surface area contributed by atoms with Gasteiger partial charge in [-0.1, -0.05) is 181 Å². The van der Waals surface area contributed by atoms with Crippen LogP contribution >= 0.6 is 0 Å². The van der Waals surface area contributed by atoms with Gasteiger partial charge in [-0.05, 0) is 189 Å². The molecule has 3 saturated carbocycles. The zero-order valence-corrected chi connectivity index (χ0v) is 48.0. The highest BCUT2D eigenvalue weighted by Gasteiger charge is 2.52. The minimum Gasteiger partial charge on any atom is -0.294 e. The summed E-state index contributed by atoms with van der Waals surface area (Å²) in [5, 5.41) is 2.91. The quantitative estimate of drug-likeness (QED) is 0.146. The van der Waals surface area contributed by atoms with Crippen LogP contribution in [0.5, 0.6) is 0 Å². The lowest BCUT2D eigenvalue weighted by atomic mass is 9.33. The van der Waals surface area contributed by atoms with E-state index in [1.165, 1.54) is 196 Å². The molecule has 0 radical (unpaired) electrons. The lowest BCUT2D eigenvalue weighted by Crippen LogP contribution is -2.59. The first-order valence-electron chi connectivity index (χ1n) is 29.6. The lowest BCUT2D eigenvalue weighted by Gasteiger charge is -2.45. The first-order valence-corrected chi connectivity index (χ1v) is 29.6. The smallest absolute Gasteiger partial charge is 0.250 e. The first-order chi connectivity index (χ1) is 35.0. The second-order valence-electron chi connectivity index (χ2n) is 29.8. The number of hydrogen-bond donors (Lipinski definition) is 0. The number of aryl methyl sites for hydroxylation is 2. The van der Waals surface area contributed by atoms with E-state index in [-0.39, 0.29) is 44.6 Å². The molecule has 5 heterocycles. The number of rotatable bonds is 1. The van der Waals surface area contributed by atoms with E-state index in [2.05, 4.69) is 183 Å². The van der Waals surface area contributed by atoms with Crippen LogP contribution in [-0.4, -0.2) is 20.1 Å². The molecule has 5 aromatic carbocycles. The van der Waals surface area contributed by atoms with E-state index in [1.54, 1.807) is 22.3 Å². The summed E-state index contributed by atoms with van der Waals surface area (Å²) in [6.45, 7) is 34.1. The molecule has 0 atom stereocenters. The summed E-state index contributed by atoms with van der Waals surface area (Å²) >= 11 is 0. The van der Waals surface area contributed by atoms with Crippen molar-refractivity contribution in [3.63, 3.8) is 0 Å². The van der Waals surface area contributed by atoms with Crippen molar-refractivity contribution in [2.24, 2.45) is 0 Å². The molecule has 3 fully saturated rings. The predicted molar refractivity (Wildman–Crippen MR) is 318 cm³/mol. The van der Waals surface area contributed by atoms with Crippen LogP contribution in [0.15, 0.2) is 72.8 Å². The molecule has 382 valence electrons. The third-order valence-corrected chi connectivity index (χ3v) is 21.3. The molecule has 0 bridgehead atoms. The molecule has 14 rings (SSSR count). The van der Waals surface area contributed by atoms with Gasteiger partial charge in [0.15, 0.2) is 0 Å². The summed E-state index contributed by atoms with van der Waals surface area (Å²) in [5.41, 5.74) is 30.0. The zero-order valence-electron chi connectivity index (χ0n) is 48.0. The average molecular weight is 978 g/mol. The van der Waals surface area contributed by atoms with Crippen molar-refractivity contribution in [2.45, 2.75) is 231 Å². The van der Waals surface area contributed by atoms with Gasteiger partial charge in [0, 0.05) is 22.1 Å². The van der Waals surface area contributed by atoms with Crippen LogP contribution in [0.3, 0.4) is 0 Å². The van der Waals surface area contributed by atoms with Gasteiger partial charge in [-0.2, -0.15) is 0 Å². The summed E-state index contributed by atoms with van der Waals surface area (Å²) in [5.74, 6) is 0. The standard InChI is InChI=1S/C70H84BN3/c1-42-34-46(66(9,10)11)35-43(2)59(42)71-53-39-47(67(12,13)14)38-52-61(53)74-62-58(70(52)30-16-15-17-31-70)48-36-44(64(3,4)5)22-24-54(48)72(62)56-40-50-51(69(28-20-21-29-69)33-32-68(50)26-18-19-27-68)41-57(56)73-55-25-23-45(65(6,7)8)37-49(55)60(71)63(73)74/h22-25,34-41H,15-21,26-33H2,1-14H3. The van der Waals surface area contributed by atoms with Crippen molar-refractivity contribution < 1.29 is 0 Å². The molecular weight excluding hydrogens is 894 g/mol. The van der Waals surface area contributed by atoms with E-state index in [0.29, 0.717) is 0 Å². The summed E-state index contributed by atoms with van der Waals surface area (Å²) < 4.78 is 8.71. The predicted octanol–water partition coefficient (Wildman–Crippen LogP) is 16.6. The Morgan fingerprint density at radius 2 is 0.865 bits per heavy atom. The summed E-state index contributed by atoms with van der Waals surface area (Å²) in [7, 11) is 0. The van der Waals surface area contributed by atoms with E-state index < -0.39 is 0 Å². The molecular formula is C70H84BN3. The number of fused-ring (bicyclic) bond motifs is 14. The van der Waals surface area contributed by atoms with Crippen molar-refractivity contribution in [1.82, 2.24) is 13.4 Å². The molecule has 0 unspecified atom stereocenters. The maximum Gasteiger partial charge on any atom is 0.250 e. The Kier molecular flexibility index (Phi) is 9.73. The second-order valence-corrected chi connectivity index (χ2v) is 29.8. The van der Waals surface area contributed by atoms with Gasteiger partial charge in [0.05, 0.1) is 22.1 Å². The number of benzene rings is 5. The van der Waals surface area contributed by atoms with Crippen LogP contribution in [0, 0.1) is 13.8 Å². The highest BCUT2D eigenvalue weighted by molar-refractivity contribution is 6.99. The van der Waals surface area contributed by atoms with Gasteiger partial charge in [-0.15, -0.1) is 0 Å². The number of hydrogen-bond acceptors (Lipinski definition) is 0. The Hall–Kier alpha value is -4.96. The third-order valence-electron chi connectivity index (χ3n) is 21.3. The Morgan fingerprint density at radius 1 is 0.405 bits per heavy atom. The normalized spacial score (nSPS) is 19.8. The topological polar surface area (TPSA) is 13.8 Å². The SMILES string of the molecule is Cc1cc(C(C)(C)C)cc(C)c1B1c2cc(C(C)(C)C)cc3c2-n2c4c1c1cc(C(C)(C)C)ccc1n4c1cc4c(cc1n1c5ccc(C(C)(C)C)cc5c(c21)C31CCCCC1)C1(CCCC1)CCC41CCCC1. The summed E-state index contributed by atoms with van der Waals surface area (Å²) in [4.78, 5) is 0. The van der Waals surface area contributed by atoms with Gasteiger partial charge in [0.25, 0.3) is 0 Å². The van der Waals surface area contributed by atoms with Crippen molar-refractivity contribution in [2.75, 3.05) is 0 Å². The molecule has 0 saturated heterocycles. The van der Waals surface area contributed by atoms with Gasteiger partial charge in [-0.3, -0.25) is 13.4 Å². The number of aromatic nitrogens is 3. The molecule has 74 heavy (non-hydrogen) atoms. The van der Waals surface area contributed by atoms with Gasteiger partial charge < -0.3 is 0 Å². The van der Waals surface area contributed by atoms with Crippen molar-refractivity contribution in [3.05, 3.63) is 128 Å². The van der Waals surface area contributed by atoms with E-state index in [1.807, 2.05) is 0 Å². The molecule has 3 aromatic heterocycles. The average Bonchev–Trinajstić information content (AvgIpc) is 4.23. The monoisotopic (exact) mass is 978 g/mol. The zero-order chi connectivity index (χ0) is 51.6. The molecule has 3 spiro atoms. The van der Waals surface area contributed by atoms with Gasteiger partial charge in [0.1, 0.15) is 11.3 Å². The van der Waals surface area contributed by atoms with E-state index in [0.717, 1.165) is 0 Å². The van der Waals surface area contributed by atoms with Crippen LogP contribution in [-0.2, 0) is 37.9 Å². The van der Waals surface area contributed by atoms with Crippen LogP contribution in [0.1, 0.15) is 235 Å². The van der Waals surface area contributed by atoms with Crippen molar-refractivity contribution in [3.8, 4) is 5.69 Å². The Morgan fingerprint density at radius 3 is 1.38 bits per heavy atom. The minimum atomic E-state index is -0.132. The molecule has 6 aliphatic rings. The fourth-order valence-electron chi connectivity index (χ4n) is 17.3. The van der Waals surface area contributed by atoms with Gasteiger partial charge in [0.2, 0.25) is 6.71 Å². The van der Waals surface area contributed by atoms with Crippen molar-refractivity contribution >= 4 is 67.2 Å². The second kappa shape index (κ2) is 15.2. The summed E-state index contributed by atoms with van der Waals surface area (Å²) in [6.07, 6.45) is 19.6. The van der Waals surface area contributed by atoms with Crippen molar-refractivity contribution in [1.29, 1.82) is 0 Å². The van der Waals surface area contributed by atoms with Crippen LogP contribution < -0.4 is 16.4 Å². The maximum absolute atomic E-state index is 2.94. The molecule has 8 aromatic rings. The number of nitrogens with zero attached hydrogens (tertiary/aromatic N) is 3. The fraction of sp³-hybridized carbons (Fsp3) is 0.514. The van der Waals surface area contributed by atoms with E-state index in [9.17, 15) is 0 Å². The molecule has 0 amide bonds. The van der Waals surface area contributed by atoms with Crippen LogP contribution in [0.4, 0.5) is 0 Å². The first kappa shape index (κ1) is 47.5. The Balaban J connectivity index is 1.31. The minimum absolute atomic E-state index is 0.0145. The van der Waals surface area contributed by atoms with E-state index in [4.69, 9.17) is 0 Å². The van der Waals surface area contributed by atoms with Gasteiger partial charge in [-0.25, -0.2) is 0 Å². The largest absolute Gasteiger partial charge is 0.294 e. The molecule has 3 nitrogen and oxygen atoms in total. The molecule has 4 aliphatic carbocycles. The fourth-order valence-corrected chi connectivity index (χ4v) is 17.3. The van der Waals surface area contributed by atoms with E-state index >= 15 is 0 Å². The Labute approximate surface area is 443 Å². The van der Waals surface area contributed by atoms with Crippen LogP contribution in [0.2, 0.25) is 0 Å². The highest BCUT2D eigenvalue weighted by atomic mass is 15.2. The molecule has 4 heteroatoms. The summed E-state index contributed by atoms with van der Waals surface area (Å²) in [6, 6.07) is 31.9. The Bertz CT molecular complexity index is 3750. The third kappa shape index (κ3) is 6.27. The molecule has 0 N–H and O–H groups in total. The molecule has 2 aliphatic heterocycles. The highest BCUT2D eigenvalue weighted by Crippen LogP contribution is 2.60. The van der Waals surface area contributed by atoms with Gasteiger partial charge >= 0.3 is 0 Å².